The van der Waals surface area contributed by atoms with E-state index in [1.807, 2.05) is 0 Å². The Kier molecular flexibility index (Phi) is 4.26. The van der Waals surface area contributed by atoms with Gasteiger partial charge in [0.15, 0.2) is 0 Å². The number of anilines is 2. The van der Waals surface area contributed by atoms with Crippen LogP contribution >= 0.6 is 11.6 Å². The molecule has 106 valence electrons. The molecular weight excluding hydrogens is 294 g/mol. The van der Waals surface area contributed by atoms with E-state index in [1.165, 1.54) is 19.2 Å². The maximum absolute atomic E-state index is 10.9. The molecule has 7 heteroatoms. The smallest absolute Gasteiger partial charge is 0.289 e. The van der Waals surface area contributed by atoms with Crippen molar-refractivity contribution < 1.29 is 9.66 Å². The third kappa shape index (κ3) is 3.22. The first-order valence-electron chi connectivity index (χ1n) is 5.84. The van der Waals surface area contributed by atoms with Gasteiger partial charge in [-0.2, -0.15) is 5.26 Å². The van der Waals surface area contributed by atoms with Crippen LogP contribution in [0.4, 0.5) is 17.1 Å². The number of nitrogens with zero attached hydrogens (tertiary/aromatic N) is 2. The molecule has 0 radical (unpaired) electrons. The van der Waals surface area contributed by atoms with Gasteiger partial charge >= 0.3 is 0 Å². The van der Waals surface area contributed by atoms with Gasteiger partial charge in [-0.05, 0) is 24.3 Å². The summed E-state index contributed by atoms with van der Waals surface area (Å²) in [6.07, 6.45) is 0. The topological polar surface area (TPSA) is 88.2 Å². The van der Waals surface area contributed by atoms with Gasteiger partial charge in [-0.3, -0.25) is 10.1 Å². The van der Waals surface area contributed by atoms with Crippen molar-refractivity contribution in [1.29, 1.82) is 5.26 Å². The van der Waals surface area contributed by atoms with E-state index in [2.05, 4.69) is 5.32 Å². The van der Waals surface area contributed by atoms with Gasteiger partial charge in [0.25, 0.3) is 5.69 Å². The van der Waals surface area contributed by atoms with Gasteiger partial charge in [0.2, 0.25) is 0 Å². The maximum atomic E-state index is 10.9. The molecule has 2 rings (SSSR count). The fourth-order valence-corrected chi connectivity index (χ4v) is 1.95. The summed E-state index contributed by atoms with van der Waals surface area (Å²) in [5.41, 5.74) is 0.919. The Morgan fingerprint density at radius 3 is 2.57 bits per heavy atom. The number of ether oxygens (including phenoxy) is 1. The first-order chi connectivity index (χ1) is 10.0. The molecule has 2 aromatic carbocycles. The lowest BCUT2D eigenvalue weighted by Crippen LogP contribution is -1.96. The molecule has 0 saturated carbocycles. The Balaban J connectivity index is 2.34. The van der Waals surface area contributed by atoms with Crippen molar-refractivity contribution in [1.82, 2.24) is 0 Å². The lowest BCUT2D eigenvalue weighted by molar-refractivity contribution is -0.385. The summed E-state index contributed by atoms with van der Waals surface area (Å²) in [6, 6.07) is 11.1. The van der Waals surface area contributed by atoms with Gasteiger partial charge in [0.1, 0.15) is 17.4 Å². The van der Waals surface area contributed by atoms with Crippen molar-refractivity contribution in [3.63, 3.8) is 0 Å². The highest BCUT2D eigenvalue weighted by Gasteiger charge is 2.14. The van der Waals surface area contributed by atoms with Crippen LogP contribution in [0.1, 0.15) is 5.56 Å². The highest BCUT2D eigenvalue weighted by molar-refractivity contribution is 6.32. The number of hydrogen-bond acceptors (Lipinski definition) is 5. The molecule has 0 fully saturated rings. The zero-order valence-corrected chi connectivity index (χ0v) is 11.7. The minimum Gasteiger partial charge on any atom is -0.495 e. The molecule has 0 heterocycles. The molecule has 0 atom stereocenters. The molecule has 6 nitrogen and oxygen atoms in total. The Labute approximate surface area is 125 Å². The molecule has 1 N–H and O–H groups in total. The summed E-state index contributed by atoms with van der Waals surface area (Å²) in [7, 11) is 1.50. The number of rotatable bonds is 4. The molecule has 0 saturated heterocycles. The van der Waals surface area contributed by atoms with E-state index in [4.69, 9.17) is 21.6 Å². The lowest BCUT2D eigenvalue weighted by atomic mass is 10.1. The summed E-state index contributed by atoms with van der Waals surface area (Å²) in [4.78, 5) is 10.3. The van der Waals surface area contributed by atoms with E-state index in [9.17, 15) is 10.1 Å². The lowest BCUT2D eigenvalue weighted by Gasteiger charge is -2.09. The van der Waals surface area contributed by atoms with Crippen molar-refractivity contribution >= 4 is 28.7 Å². The van der Waals surface area contributed by atoms with E-state index in [1.54, 1.807) is 30.3 Å². The summed E-state index contributed by atoms with van der Waals surface area (Å²) in [6.45, 7) is 0. The molecule has 0 spiro atoms. The van der Waals surface area contributed by atoms with Crippen molar-refractivity contribution in [3.05, 3.63) is 57.1 Å². The third-order valence-electron chi connectivity index (χ3n) is 2.75. The number of nitrogens with one attached hydrogen (secondary N) is 1. The van der Waals surface area contributed by atoms with Crippen LogP contribution in [0, 0.1) is 21.4 Å². The molecule has 0 bridgehead atoms. The van der Waals surface area contributed by atoms with Crippen LogP contribution in [0.25, 0.3) is 0 Å². The van der Waals surface area contributed by atoms with Gasteiger partial charge < -0.3 is 10.1 Å². The van der Waals surface area contributed by atoms with Gasteiger partial charge in [-0.15, -0.1) is 0 Å². The Hall–Kier alpha value is -2.78. The average molecular weight is 304 g/mol. The Bertz CT molecular complexity index is 741. The minimum atomic E-state index is -0.591. The Morgan fingerprint density at radius 2 is 1.95 bits per heavy atom. The SMILES string of the molecule is COc1cc(Nc2ccc(C#N)c([N+](=O)[O-])c2)ccc1Cl. The number of nitriles is 1. The predicted molar refractivity (Wildman–Crippen MR) is 79.1 cm³/mol. The highest BCUT2D eigenvalue weighted by atomic mass is 35.5. The average Bonchev–Trinajstić information content (AvgIpc) is 2.49. The number of methoxy groups -OCH3 is 1. The molecule has 0 aromatic heterocycles. The first-order valence-corrected chi connectivity index (χ1v) is 6.22. The van der Waals surface area contributed by atoms with Crippen molar-refractivity contribution in [2.45, 2.75) is 0 Å². The largest absolute Gasteiger partial charge is 0.495 e. The summed E-state index contributed by atoms with van der Waals surface area (Å²) in [5.74, 6) is 0.491. The molecule has 2 aromatic rings. The third-order valence-corrected chi connectivity index (χ3v) is 3.07. The fraction of sp³-hybridized carbons (Fsp3) is 0.0714. The number of halogens is 1. The minimum absolute atomic E-state index is 0.0132. The summed E-state index contributed by atoms with van der Waals surface area (Å²) < 4.78 is 5.10. The monoisotopic (exact) mass is 303 g/mol. The standard InChI is InChI=1S/C14H10ClN3O3/c1-21-14-7-11(4-5-12(14)15)17-10-3-2-9(8-16)13(6-10)18(19)20/h2-7,17H,1H3. The quantitative estimate of drug-likeness (QED) is 0.684. The van der Waals surface area contributed by atoms with E-state index >= 15 is 0 Å². The molecule has 0 unspecified atom stereocenters. The van der Waals surface area contributed by atoms with Gasteiger partial charge in [0, 0.05) is 23.5 Å². The van der Waals surface area contributed by atoms with Gasteiger partial charge in [0.05, 0.1) is 17.1 Å². The summed E-state index contributed by atoms with van der Waals surface area (Å²) >= 11 is 5.93. The first kappa shape index (κ1) is 14.6. The van der Waals surface area contributed by atoms with Crippen molar-refractivity contribution in [2.75, 3.05) is 12.4 Å². The zero-order valence-electron chi connectivity index (χ0n) is 11.0. The van der Waals surface area contributed by atoms with Crippen molar-refractivity contribution in [3.8, 4) is 11.8 Å². The molecule has 0 aliphatic carbocycles. The zero-order chi connectivity index (χ0) is 15.4. The molecular formula is C14H10ClN3O3. The summed E-state index contributed by atoms with van der Waals surface area (Å²) in [5, 5.41) is 23.2. The van der Waals surface area contributed by atoms with E-state index in [0.29, 0.717) is 22.1 Å². The van der Waals surface area contributed by atoms with E-state index in [-0.39, 0.29) is 11.3 Å². The number of nitro benzene ring substituents is 1. The van der Waals surface area contributed by atoms with Crippen molar-refractivity contribution in [2.24, 2.45) is 0 Å². The van der Waals surface area contributed by atoms with Crippen LogP contribution in [0.3, 0.4) is 0 Å². The Morgan fingerprint density at radius 1 is 1.29 bits per heavy atom. The molecule has 0 aliphatic rings. The van der Waals surface area contributed by atoms with Crippen LogP contribution in [-0.4, -0.2) is 12.0 Å². The van der Waals surface area contributed by atoms with Crippen LogP contribution in [-0.2, 0) is 0 Å². The molecule has 0 aliphatic heterocycles. The van der Waals surface area contributed by atoms with Crippen LogP contribution < -0.4 is 10.1 Å². The predicted octanol–water partition coefficient (Wildman–Crippen LogP) is 3.87. The number of hydrogen-bond donors (Lipinski definition) is 1. The molecule has 0 amide bonds. The van der Waals surface area contributed by atoms with Crippen LogP contribution in [0.2, 0.25) is 5.02 Å². The second kappa shape index (κ2) is 6.11. The van der Waals surface area contributed by atoms with E-state index in [0.717, 1.165) is 0 Å². The highest BCUT2D eigenvalue weighted by Crippen LogP contribution is 2.30. The number of benzene rings is 2. The maximum Gasteiger partial charge on any atom is 0.289 e. The van der Waals surface area contributed by atoms with Gasteiger partial charge in [-0.25, -0.2) is 0 Å². The normalized spacial score (nSPS) is 9.76. The fourth-order valence-electron chi connectivity index (χ4n) is 1.76. The molecule has 21 heavy (non-hydrogen) atoms. The van der Waals surface area contributed by atoms with Crippen LogP contribution in [0.15, 0.2) is 36.4 Å². The second-order valence-electron chi connectivity index (χ2n) is 4.08. The van der Waals surface area contributed by atoms with Crippen LogP contribution in [0.5, 0.6) is 5.75 Å². The van der Waals surface area contributed by atoms with Gasteiger partial charge in [-0.1, -0.05) is 11.6 Å². The van der Waals surface area contributed by atoms with E-state index < -0.39 is 4.92 Å². The second-order valence-corrected chi connectivity index (χ2v) is 4.48. The number of nitro groups is 1.